The van der Waals surface area contributed by atoms with E-state index in [2.05, 4.69) is 48.3 Å². The van der Waals surface area contributed by atoms with Crippen molar-refractivity contribution in [2.24, 2.45) is 0 Å². The maximum Gasteiger partial charge on any atom is 0.165 e. The Balaban J connectivity index is 2.67. The molecule has 0 atom stereocenters. The summed E-state index contributed by atoms with van der Waals surface area (Å²) >= 11 is 2.20. The SMILES string of the molecule is COc1ccccc1-c1nc(N)c(I)c(C(C)(C)C)n1. The van der Waals surface area contributed by atoms with Crippen LogP contribution in [0.5, 0.6) is 5.75 Å². The van der Waals surface area contributed by atoms with Crippen LogP contribution >= 0.6 is 22.6 Å². The molecule has 0 aliphatic heterocycles. The molecule has 0 bridgehead atoms. The molecular formula is C15H18IN3O. The predicted octanol–water partition coefficient (Wildman–Crippen LogP) is 3.64. The van der Waals surface area contributed by atoms with Crippen molar-refractivity contribution in [2.45, 2.75) is 26.2 Å². The van der Waals surface area contributed by atoms with Crippen LogP contribution in [0.2, 0.25) is 0 Å². The summed E-state index contributed by atoms with van der Waals surface area (Å²) in [4.78, 5) is 9.11. The molecule has 2 N–H and O–H groups in total. The molecule has 106 valence electrons. The number of ether oxygens (including phenoxy) is 1. The van der Waals surface area contributed by atoms with E-state index in [4.69, 9.17) is 15.5 Å². The van der Waals surface area contributed by atoms with Gasteiger partial charge in [-0.1, -0.05) is 32.9 Å². The van der Waals surface area contributed by atoms with E-state index in [1.54, 1.807) is 7.11 Å². The van der Waals surface area contributed by atoms with Gasteiger partial charge < -0.3 is 10.5 Å². The van der Waals surface area contributed by atoms with Crippen molar-refractivity contribution in [1.82, 2.24) is 9.97 Å². The smallest absolute Gasteiger partial charge is 0.165 e. The third-order valence-electron chi connectivity index (χ3n) is 2.94. The number of halogens is 1. The molecule has 4 nitrogen and oxygen atoms in total. The number of nitrogens with two attached hydrogens (primary N) is 1. The minimum atomic E-state index is -0.0929. The number of nitrogens with zero attached hydrogens (tertiary/aromatic N) is 2. The lowest BCUT2D eigenvalue weighted by molar-refractivity contribution is 0.416. The summed E-state index contributed by atoms with van der Waals surface area (Å²) in [6, 6.07) is 7.69. The van der Waals surface area contributed by atoms with Crippen molar-refractivity contribution in [3.05, 3.63) is 33.5 Å². The first-order valence-electron chi connectivity index (χ1n) is 6.31. The number of rotatable bonds is 2. The molecular weight excluding hydrogens is 365 g/mol. The highest BCUT2D eigenvalue weighted by Gasteiger charge is 2.23. The predicted molar refractivity (Wildman–Crippen MR) is 89.8 cm³/mol. The minimum absolute atomic E-state index is 0.0929. The standard InChI is InChI=1S/C15H18IN3O/c1-15(2,3)12-11(16)13(17)19-14(18-12)9-7-5-6-8-10(9)20-4/h5-8H,1-4H3,(H2,17,18,19). The Bertz CT molecular complexity index is 636. The highest BCUT2D eigenvalue weighted by molar-refractivity contribution is 14.1. The Labute approximate surface area is 132 Å². The van der Waals surface area contributed by atoms with Crippen LogP contribution in [-0.4, -0.2) is 17.1 Å². The Hall–Kier alpha value is -1.37. The molecule has 0 amide bonds. The highest BCUT2D eigenvalue weighted by Crippen LogP contribution is 2.33. The monoisotopic (exact) mass is 383 g/mol. The summed E-state index contributed by atoms with van der Waals surface area (Å²) in [6.45, 7) is 6.34. The van der Waals surface area contributed by atoms with Gasteiger partial charge in [-0.3, -0.25) is 0 Å². The Kier molecular flexibility index (Phi) is 4.17. The minimum Gasteiger partial charge on any atom is -0.496 e. The van der Waals surface area contributed by atoms with E-state index in [9.17, 15) is 0 Å². The van der Waals surface area contributed by atoms with Gasteiger partial charge in [0, 0.05) is 5.41 Å². The van der Waals surface area contributed by atoms with Crippen LogP contribution in [-0.2, 0) is 5.41 Å². The lowest BCUT2D eigenvalue weighted by Gasteiger charge is -2.21. The van der Waals surface area contributed by atoms with Crippen molar-refractivity contribution in [1.29, 1.82) is 0 Å². The van der Waals surface area contributed by atoms with Gasteiger partial charge in [-0.15, -0.1) is 0 Å². The molecule has 2 rings (SSSR count). The van der Waals surface area contributed by atoms with Gasteiger partial charge in [0.15, 0.2) is 5.82 Å². The number of nitrogen functional groups attached to an aromatic ring is 1. The number of benzene rings is 1. The van der Waals surface area contributed by atoms with Crippen LogP contribution in [0.3, 0.4) is 0 Å². The molecule has 0 unspecified atom stereocenters. The summed E-state index contributed by atoms with van der Waals surface area (Å²) in [5.74, 6) is 1.85. The number of hydrogen-bond donors (Lipinski definition) is 1. The van der Waals surface area contributed by atoms with E-state index in [-0.39, 0.29) is 5.41 Å². The van der Waals surface area contributed by atoms with Crippen LogP contribution in [0.4, 0.5) is 5.82 Å². The second kappa shape index (κ2) is 5.55. The summed E-state index contributed by atoms with van der Waals surface area (Å²) in [7, 11) is 1.64. The largest absolute Gasteiger partial charge is 0.496 e. The Morgan fingerprint density at radius 1 is 1.15 bits per heavy atom. The molecule has 0 saturated carbocycles. The van der Waals surface area contributed by atoms with Crippen LogP contribution in [0.15, 0.2) is 24.3 Å². The average molecular weight is 383 g/mol. The molecule has 0 saturated heterocycles. The number of para-hydroxylation sites is 1. The van der Waals surface area contributed by atoms with Crippen molar-refractivity contribution in [3.8, 4) is 17.1 Å². The second-order valence-corrected chi connectivity index (χ2v) is 6.62. The summed E-state index contributed by atoms with van der Waals surface area (Å²) in [5.41, 5.74) is 7.76. The molecule has 0 aliphatic carbocycles. The molecule has 1 aromatic heterocycles. The zero-order valence-electron chi connectivity index (χ0n) is 12.1. The van der Waals surface area contributed by atoms with Gasteiger partial charge in [-0.25, -0.2) is 9.97 Å². The number of hydrogen-bond acceptors (Lipinski definition) is 4. The molecule has 2 aromatic rings. The lowest BCUT2D eigenvalue weighted by Crippen LogP contribution is -2.18. The highest BCUT2D eigenvalue weighted by atomic mass is 127. The zero-order chi connectivity index (χ0) is 14.9. The first kappa shape index (κ1) is 15.0. The topological polar surface area (TPSA) is 61.0 Å². The van der Waals surface area contributed by atoms with Crippen molar-refractivity contribution in [3.63, 3.8) is 0 Å². The molecule has 1 aromatic carbocycles. The Morgan fingerprint density at radius 3 is 2.40 bits per heavy atom. The van der Waals surface area contributed by atoms with E-state index in [0.717, 1.165) is 20.6 Å². The van der Waals surface area contributed by atoms with Crippen LogP contribution in [0.1, 0.15) is 26.5 Å². The number of methoxy groups -OCH3 is 1. The number of aromatic nitrogens is 2. The van der Waals surface area contributed by atoms with Gasteiger partial charge in [-0.2, -0.15) is 0 Å². The first-order valence-corrected chi connectivity index (χ1v) is 7.39. The molecule has 0 aliphatic rings. The van der Waals surface area contributed by atoms with Gasteiger partial charge in [0.05, 0.1) is 21.9 Å². The fourth-order valence-corrected chi connectivity index (χ4v) is 2.96. The Morgan fingerprint density at radius 2 is 1.80 bits per heavy atom. The molecule has 0 radical (unpaired) electrons. The fourth-order valence-electron chi connectivity index (χ4n) is 1.91. The van der Waals surface area contributed by atoms with Gasteiger partial charge in [0.2, 0.25) is 0 Å². The quantitative estimate of drug-likeness (QED) is 0.805. The van der Waals surface area contributed by atoms with E-state index < -0.39 is 0 Å². The van der Waals surface area contributed by atoms with Crippen LogP contribution < -0.4 is 10.5 Å². The van der Waals surface area contributed by atoms with Crippen molar-refractivity contribution < 1.29 is 4.74 Å². The molecule has 0 spiro atoms. The third kappa shape index (κ3) is 2.87. The maximum absolute atomic E-state index is 6.05. The maximum atomic E-state index is 6.05. The number of anilines is 1. The summed E-state index contributed by atoms with van der Waals surface area (Å²) in [6.07, 6.45) is 0. The summed E-state index contributed by atoms with van der Waals surface area (Å²) in [5, 5.41) is 0. The molecule has 20 heavy (non-hydrogen) atoms. The second-order valence-electron chi connectivity index (χ2n) is 5.55. The summed E-state index contributed by atoms with van der Waals surface area (Å²) < 4.78 is 6.28. The van der Waals surface area contributed by atoms with Crippen LogP contribution in [0.25, 0.3) is 11.4 Å². The van der Waals surface area contributed by atoms with Crippen molar-refractivity contribution in [2.75, 3.05) is 12.8 Å². The van der Waals surface area contributed by atoms with Gasteiger partial charge >= 0.3 is 0 Å². The fraction of sp³-hybridized carbons (Fsp3) is 0.333. The molecule has 1 heterocycles. The van der Waals surface area contributed by atoms with Gasteiger partial charge in [-0.05, 0) is 34.7 Å². The van der Waals surface area contributed by atoms with E-state index >= 15 is 0 Å². The van der Waals surface area contributed by atoms with Crippen LogP contribution in [0, 0.1) is 3.57 Å². The molecule has 0 fully saturated rings. The van der Waals surface area contributed by atoms with Crippen molar-refractivity contribution >= 4 is 28.4 Å². The van der Waals surface area contributed by atoms with Gasteiger partial charge in [0.1, 0.15) is 11.6 Å². The normalized spacial score (nSPS) is 11.4. The first-order chi connectivity index (χ1) is 9.34. The van der Waals surface area contributed by atoms with Gasteiger partial charge in [0.25, 0.3) is 0 Å². The zero-order valence-corrected chi connectivity index (χ0v) is 14.2. The average Bonchev–Trinajstić information content (AvgIpc) is 2.40. The van der Waals surface area contributed by atoms with E-state index in [1.807, 2.05) is 24.3 Å². The molecule has 5 heteroatoms. The third-order valence-corrected chi connectivity index (χ3v) is 4.00. The van der Waals surface area contributed by atoms with E-state index in [0.29, 0.717) is 11.6 Å². The lowest BCUT2D eigenvalue weighted by atomic mass is 9.91. The van der Waals surface area contributed by atoms with E-state index in [1.165, 1.54) is 0 Å².